The van der Waals surface area contributed by atoms with Gasteiger partial charge < -0.3 is 29.4 Å². The topological polar surface area (TPSA) is 103 Å². The van der Waals surface area contributed by atoms with Crippen LogP contribution in [0.4, 0.5) is 4.79 Å². The van der Waals surface area contributed by atoms with Gasteiger partial charge in [-0.2, -0.15) is 0 Å². The van der Waals surface area contributed by atoms with E-state index in [0.717, 1.165) is 11.1 Å². The van der Waals surface area contributed by atoms with Crippen molar-refractivity contribution >= 4 is 12.1 Å². The first kappa shape index (κ1) is 24.7. The first-order valence-electron chi connectivity index (χ1n) is 10.9. The van der Waals surface area contributed by atoms with Gasteiger partial charge in [-0.25, -0.2) is 9.59 Å². The zero-order chi connectivity index (χ0) is 23.8. The second-order valence-corrected chi connectivity index (χ2v) is 8.84. The summed E-state index contributed by atoms with van der Waals surface area (Å²) in [7, 11) is 0. The van der Waals surface area contributed by atoms with E-state index in [9.17, 15) is 14.7 Å². The Morgan fingerprint density at radius 2 is 1.42 bits per heavy atom. The zero-order valence-corrected chi connectivity index (χ0v) is 19.1. The number of nitrogens with one attached hydrogen (secondary N) is 1. The minimum absolute atomic E-state index is 0.0172. The highest BCUT2D eigenvalue weighted by molar-refractivity contribution is 5.74. The summed E-state index contributed by atoms with van der Waals surface area (Å²) in [5.41, 5.74) is 1.17. The van der Waals surface area contributed by atoms with Crippen molar-refractivity contribution in [2.45, 2.75) is 64.0 Å². The number of aliphatic carboxylic acids is 1. The molecule has 0 aromatic heterocycles. The molecule has 2 N–H and O–H groups in total. The predicted octanol–water partition coefficient (Wildman–Crippen LogP) is 3.53. The number of carbonyl (C=O) groups is 2. The Morgan fingerprint density at radius 3 is 1.91 bits per heavy atom. The second-order valence-electron chi connectivity index (χ2n) is 8.84. The molecule has 0 saturated carbocycles. The number of hydrogen-bond acceptors (Lipinski definition) is 6. The van der Waals surface area contributed by atoms with Gasteiger partial charge in [0.25, 0.3) is 0 Å². The molecule has 1 amide bonds. The summed E-state index contributed by atoms with van der Waals surface area (Å²) in [6.45, 7) is 5.75. The minimum atomic E-state index is -1.24. The van der Waals surface area contributed by atoms with Crippen molar-refractivity contribution in [2.75, 3.05) is 6.54 Å². The van der Waals surface area contributed by atoms with Gasteiger partial charge in [-0.05, 0) is 31.9 Å². The molecule has 2 aromatic carbocycles. The van der Waals surface area contributed by atoms with Crippen LogP contribution in [-0.2, 0) is 37.0 Å². The van der Waals surface area contributed by atoms with E-state index in [1.807, 2.05) is 60.7 Å². The summed E-state index contributed by atoms with van der Waals surface area (Å²) in [6.07, 6.45) is -4.17. The summed E-state index contributed by atoms with van der Waals surface area (Å²) in [4.78, 5) is 24.1. The molecule has 178 valence electrons. The third-order valence-corrected chi connectivity index (χ3v) is 4.97. The number of carboxylic acids is 1. The van der Waals surface area contributed by atoms with Gasteiger partial charge in [0.2, 0.25) is 0 Å². The summed E-state index contributed by atoms with van der Waals surface area (Å²) in [5.74, 6) is -1.15. The molecular formula is C25H31NO7. The fourth-order valence-corrected chi connectivity index (χ4v) is 3.51. The van der Waals surface area contributed by atoms with Crippen molar-refractivity contribution in [3.8, 4) is 0 Å². The maximum Gasteiger partial charge on any atom is 0.407 e. The average Bonchev–Trinajstić information content (AvgIpc) is 3.13. The third kappa shape index (κ3) is 7.56. The first-order valence-corrected chi connectivity index (χ1v) is 10.9. The van der Waals surface area contributed by atoms with Crippen LogP contribution in [0.3, 0.4) is 0 Å². The quantitative estimate of drug-likeness (QED) is 0.594. The number of carboxylic acid groups (broad SMARTS) is 1. The highest BCUT2D eigenvalue weighted by Crippen LogP contribution is 2.29. The van der Waals surface area contributed by atoms with Crippen molar-refractivity contribution in [3.63, 3.8) is 0 Å². The van der Waals surface area contributed by atoms with Crippen molar-refractivity contribution in [2.24, 2.45) is 0 Å². The van der Waals surface area contributed by atoms with Gasteiger partial charge >= 0.3 is 12.1 Å². The maximum absolute atomic E-state index is 12.1. The smallest absolute Gasteiger partial charge is 0.407 e. The summed E-state index contributed by atoms with van der Waals surface area (Å²) in [5, 5.41) is 12.4. The van der Waals surface area contributed by atoms with Crippen molar-refractivity contribution in [1.29, 1.82) is 0 Å². The number of alkyl carbamates (subject to hydrolysis) is 1. The third-order valence-electron chi connectivity index (χ3n) is 4.97. The molecule has 1 aliphatic rings. The van der Waals surface area contributed by atoms with Crippen LogP contribution in [-0.4, -0.2) is 53.7 Å². The Hall–Kier alpha value is -2.94. The van der Waals surface area contributed by atoms with E-state index in [0.29, 0.717) is 0 Å². The fraction of sp³-hybridized carbons (Fsp3) is 0.440. The number of ether oxygens (including phenoxy) is 4. The molecule has 1 heterocycles. The molecule has 4 atom stereocenters. The molecule has 0 radical (unpaired) electrons. The SMILES string of the molecule is CC(C)(C)OC(=O)NC[C@H]1O[C@H](C(=O)O)[C@@H](OCc2ccccc2)[C@@H]1OCc1ccccc1. The Morgan fingerprint density at radius 1 is 0.909 bits per heavy atom. The van der Waals surface area contributed by atoms with Gasteiger partial charge in [-0.3, -0.25) is 0 Å². The van der Waals surface area contributed by atoms with Crippen LogP contribution < -0.4 is 5.32 Å². The number of amides is 1. The monoisotopic (exact) mass is 457 g/mol. The number of hydrogen-bond donors (Lipinski definition) is 2. The Bertz CT molecular complexity index is 898. The summed E-state index contributed by atoms with van der Waals surface area (Å²) in [6, 6.07) is 19.0. The van der Waals surface area contributed by atoms with E-state index in [-0.39, 0.29) is 19.8 Å². The summed E-state index contributed by atoms with van der Waals surface area (Å²) < 4.78 is 23.2. The standard InChI is InChI=1S/C25H31NO7/c1-25(2,3)33-24(29)26-14-19-20(30-15-17-10-6-4-7-11-17)21(22(32-19)23(27)28)31-16-18-12-8-5-9-13-18/h4-13,19-22H,14-16H2,1-3H3,(H,26,29)(H,27,28)/t19-,20-,21+,22+/m1/s1. The molecule has 1 aliphatic heterocycles. The minimum Gasteiger partial charge on any atom is -0.479 e. The molecule has 2 aromatic rings. The van der Waals surface area contributed by atoms with E-state index in [1.165, 1.54) is 0 Å². The van der Waals surface area contributed by atoms with Gasteiger partial charge in [0.1, 0.15) is 23.9 Å². The Labute approximate surface area is 193 Å². The fourth-order valence-electron chi connectivity index (χ4n) is 3.51. The van der Waals surface area contributed by atoms with Crippen LogP contribution in [0.2, 0.25) is 0 Å². The molecule has 8 nitrogen and oxygen atoms in total. The molecule has 8 heteroatoms. The van der Waals surface area contributed by atoms with E-state index >= 15 is 0 Å². The highest BCUT2D eigenvalue weighted by atomic mass is 16.6. The van der Waals surface area contributed by atoms with Gasteiger partial charge in [0, 0.05) is 6.54 Å². The van der Waals surface area contributed by atoms with E-state index in [1.54, 1.807) is 20.8 Å². The molecule has 1 saturated heterocycles. The maximum atomic E-state index is 12.1. The zero-order valence-electron chi connectivity index (χ0n) is 19.1. The number of benzene rings is 2. The van der Waals surface area contributed by atoms with E-state index < -0.39 is 42.1 Å². The largest absolute Gasteiger partial charge is 0.479 e. The van der Waals surface area contributed by atoms with Gasteiger partial charge in [0.05, 0.1) is 13.2 Å². The Kier molecular flexibility index (Phi) is 8.43. The molecular weight excluding hydrogens is 426 g/mol. The molecule has 0 unspecified atom stereocenters. The molecule has 3 rings (SSSR count). The molecule has 0 bridgehead atoms. The van der Waals surface area contributed by atoms with Crippen LogP contribution in [0, 0.1) is 0 Å². The van der Waals surface area contributed by atoms with Gasteiger partial charge in [-0.15, -0.1) is 0 Å². The predicted molar refractivity (Wildman–Crippen MR) is 121 cm³/mol. The van der Waals surface area contributed by atoms with Gasteiger partial charge in [0.15, 0.2) is 6.10 Å². The van der Waals surface area contributed by atoms with Crippen molar-refractivity contribution in [1.82, 2.24) is 5.32 Å². The average molecular weight is 458 g/mol. The van der Waals surface area contributed by atoms with Crippen LogP contribution in [0.25, 0.3) is 0 Å². The molecule has 0 aliphatic carbocycles. The van der Waals surface area contributed by atoms with E-state index in [4.69, 9.17) is 18.9 Å². The van der Waals surface area contributed by atoms with Crippen LogP contribution in [0.5, 0.6) is 0 Å². The van der Waals surface area contributed by atoms with Gasteiger partial charge in [-0.1, -0.05) is 60.7 Å². The normalized spacial score (nSPS) is 22.6. The van der Waals surface area contributed by atoms with Crippen LogP contribution in [0.1, 0.15) is 31.9 Å². The lowest BCUT2D eigenvalue weighted by Gasteiger charge is -2.25. The van der Waals surface area contributed by atoms with Crippen LogP contribution in [0.15, 0.2) is 60.7 Å². The first-order chi connectivity index (χ1) is 15.7. The number of rotatable bonds is 9. The van der Waals surface area contributed by atoms with Crippen molar-refractivity contribution in [3.05, 3.63) is 71.8 Å². The van der Waals surface area contributed by atoms with Crippen molar-refractivity contribution < 1.29 is 33.6 Å². The highest BCUT2D eigenvalue weighted by Gasteiger charge is 2.50. The molecule has 1 fully saturated rings. The van der Waals surface area contributed by atoms with Crippen LogP contribution >= 0.6 is 0 Å². The second kappa shape index (κ2) is 11.3. The Balaban J connectivity index is 1.73. The van der Waals surface area contributed by atoms with E-state index in [2.05, 4.69) is 5.32 Å². The lowest BCUT2D eigenvalue weighted by atomic mass is 10.1. The summed E-state index contributed by atoms with van der Waals surface area (Å²) >= 11 is 0. The lowest BCUT2D eigenvalue weighted by molar-refractivity contribution is -0.156. The molecule has 0 spiro atoms. The molecule has 33 heavy (non-hydrogen) atoms. The number of carbonyl (C=O) groups excluding carboxylic acids is 1. The lowest BCUT2D eigenvalue weighted by Crippen LogP contribution is -2.44.